The topological polar surface area (TPSA) is 9.23 Å². The van der Waals surface area contributed by atoms with E-state index in [0.29, 0.717) is 0 Å². The number of hydrogen-bond donors (Lipinski definition) is 0. The molecular weight excluding hydrogens is 128 g/mol. The molecule has 0 aromatic rings. The summed E-state index contributed by atoms with van der Waals surface area (Å²) in [4.78, 5) is 0. The molecule has 0 aliphatic carbocycles. The lowest BCUT2D eigenvalue weighted by Gasteiger charge is -2.21. The highest BCUT2D eigenvalue weighted by Crippen LogP contribution is 2.41. The first-order valence-electron chi connectivity index (χ1n) is 1.66. The van der Waals surface area contributed by atoms with Gasteiger partial charge in [-0.2, -0.15) is 17.6 Å². The smallest absolute Gasteiger partial charge is 0.398 e. The Morgan fingerprint density at radius 3 is 1.75 bits per heavy atom. The molecule has 0 bridgehead atoms. The van der Waals surface area contributed by atoms with E-state index in [2.05, 4.69) is 4.74 Å². The van der Waals surface area contributed by atoms with Crippen molar-refractivity contribution < 1.29 is 22.3 Å². The molecule has 1 rings (SSSR count). The van der Waals surface area contributed by atoms with Gasteiger partial charge in [-0.3, -0.25) is 0 Å². The zero-order valence-corrected chi connectivity index (χ0v) is 3.42. The van der Waals surface area contributed by atoms with Gasteiger partial charge < -0.3 is 4.74 Å². The maximum atomic E-state index is 11.3. The third-order valence-electron chi connectivity index (χ3n) is 0.646. The molecule has 1 aliphatic heterocycles. The van der Waals surface area contributed by atoms with E-state index in [1.54, 1.807) is 0 Å². The van der Waals surface area contributed by atoms with Gasteiger partial charge in [-0.15, -0.1) is 0 Å². The van der Waals surface area contributed by atoms with Crippen molar-refractivity contribution in [3.63, 3.8) is 0 Å². The van der Waals surface area contributed by atoms with Gasteiger partial charge in [0, 0.05) is 0 Å². The summed E-state index contributed by atoms with van der Waals surface area (Å²) in [6.45, 7) is 0. The SMILES string of the molecule is FC1=C(F)C(F)(F)O1. The highest BCUT2D eigenvalue weighted by molar-refractivity contribution is 5.10. The van der Waals surface area contributed by atoms with Crippen LogP contribution in [-0.4, -0.2) is 6.11 Å². The minimum Gasteiger partial charge on any atom is -0.398 e. The summed E-state index contributed by atoms with van der Waals surface area (Å²) in [6.07, 6.45) is -4.01. The van der Waals surface area contributed by atoms with Crippen molar-refractivity contribution in [1.29, 1.82) is 0 Å². The molecule has 1 aliphatic rings. The number of halogens is 4. The average molecular weight is 128 g/mol. The summed E-state index contributed by atoms with van der Waals surface area (Å²) in [5, 5.41) is 0. The van der Waals surface area contributed by atoms with Crippen LogP contribution in [0.25, 0.3) is 0 Å². The van der Waals surface area contributed by atoms with Gasteiger partial charge in [0.1, 0.15) is 0 Å². The summed E-state index contributed by atoms with van der Waals surface area (Å²) < 4.78 is 48.0. The Labute approximate surface area is 41.5 Å². The predicted octanol–water partition coefficient (Wildman–Crippen LogP) is 1.72. The summed E-state index contributed by atoms with van der Waals surface area (Å²) in [6, 6.07) is -1.82. The monoisotopic (exact) mass is 128 g/mol. The number of hydrogen-bond acceptors (Lipinski definition) is 1. The summed E-state index contributed by atoms with van der Waals surface area (Å²) in [7, 11) is 0. The molecule has 46 valence electrons. The van der Waals surface area contributed by atoms with E-state index in [1.807, 2.05) is 0 Å². The van der Waals surface area contributed by atoms with Crippen LogP contribution in [0.4, 0.5) is 17.6 Å². The van der Waals surface area contributed by atoms with Gasteiger partial charge in [-0.25, -0.2) is 0 Å². The third-order valence-corrected chi connectivity index (χ3v) is 0.646. The summed E-state index contributed by atoms with van der Waals surface area (Å²) in [5.74, 6) is -2.13. The highest BCUT2D eigenvalue weighted by atomic mass is 19.3. The third kappa shape index (κ3) is 0.469. The lowest BCUT2D eigenvalue weighted by Crippen LogP contribution is -2.30. The molecule has 0 radical (unpaired) electrons. The van der Waals surface area contributed by atoms with Gasteiger partial charge in [0.05, 0.1) is 0 Å². The quantitative estimate of drug-likeness (QED) is 0.451. The van der Waals surface area contributed by atoms with Crippen molar-refractivity contribution >= 4 is 0 Å². The fourth-order valence-electron chi connectivity index (χ4n) is 0.270. The number of alkyl halides is 2. The van der Waals surface area contributed by atoms with Gasteiger partial charge in [0.25, 0.3) is 5.83 Å². The molecule has 8 heavy (non-hydrogen) atoms. The highest BCUT2D eigenvalue weighted by Gasteiger charge is 2.52. The Balaban J connectivity index is 2.80. The van der Waals surface area contributed by atoms with Crippen molar-refractivity contribution in [3.8, 4) is 0 Å². The van der Waals surface area contributed by atoms with Crippen molar-refractivity contribution in [2.75, 3.05) is 0 Å². The molecule has 0 unspecified atom stereocenters. The van der Waals surface area contributed by atoms with Gasteiger partial charge in [0.2, 0.25) is 0 Å². The second-order valence-electron chi connectivity index (χ2n) is 1.21. The maximum Gasteiger partial charge on any atom is 0.462 e. The molecule has 0 saturated heterocycles. The molecule has 0 amide bonds. The van der Waals surface area contributed by atoms with Crippen LogP contribution >= 0.6 is 0 Å². The van der Waals surface area contributed by atoms with Gasteiger partial charge in [-0.05, 0) is 0 Å². The van der Waals surface area contributed by atoms with Crippen LogP contribution in [0.15, 0.2) is 11.8 Å². The Hall–Kier alpha value is -0.740. The van der Waals surface area contributed by atoms with Crippen molar-refractivity contribution in [3.05, 3.63) is 11.8 Å². The number of rotatable bonds is 0. The van der Waals surface area contributed by atoms with E-state index in [9.17, 15) is 17.6 Å². The van der Waals surface area contributed by atoms with E-state index < -0.39 is 17.9 Å². The molecule has 1 heterocycles. The van der Waals surface area contributed by atoms with E-state index in [4.69, 9.17) is 0 Å². The molecule has 0 fully saturated rings. The van der Waals surface area contributed by atoms with E-state index >= 15 is 0 Å². The van der Waals surface area contributed by atoms with Crippen LogP contribution in [0.3, 0.4) is 0 Å². The van der Waals surface area contributed by atoms with Crippen LogP contribution in [0.2, 0.25) is 0 Å². The minimum absolute atomic E-state index is 1.82. The molecular formula is C3F4O. The Morgan fingerprint density at radius 1 is 1.25 bits per heavy atom. The zero-order valence-electron chi connectivity index (χ0n) is 3.42. The Bertz CT molecular complexity index is 149. The van der Waals surface area contributed by atoms with Crippen LogP contribution in [0.5, 0.6) is 0 Å². The van der Waals surface area contributed by atoms with Gasteiger partial charge in [-0.1, -0.05) is 0 Å². The Morgan fingerprint density at radius 2 is 1.75 bits per heavy atom. The lowest BCUT2D eigenvalue weighted by molar-refractivity contribution is -0.256. The van der Waals surface area contributed by atoms with Gasteiger partial charge in [0.15, 0.2) is 0 Å². The van der Waals surface area contributed by atoms with Crippen LogP contribution in [0, 0.1) is 0 Å². The molecule has 0 N–H and O–H groups in total. The molecule has 0 aromatic carbocycles. The fourth-order valence-corrected chi connectivity index (χ4v) is 0.270. The standard InChI is InChI=1S/C3F4O/c4-1-2(5)8-3(1,6)7. The van der Waals surface area contributed by atoms with Crippen LogP contribution in [0.1, 0.15) is 0 Å². The first-order valence-corrected chi connectivity index (χ1v) is 1.66. The fraction of sp³-hybridized carbons (Fsp3) is 0.333. The van der Waals surface area contributed by atoms with Crippen molar-refractivity contribution in [2.45, 2.75) is 6.11 Å². The lowest BCUT2D eigenvalue weighted by atomic mass is 10.4. The maximum absolute atomic E-state index is 11.3. The zero-order chi connectivity index (χ0) is 6.36. The first-order chi connectivity index (χ1) is 3.54. The summed E-state index contributed by atoms with van der Waals surface area (Å²) >= 11 is 0. The molecule has 1 nitrogen and oxygen atoms in total. The molecule has 0 aromatic heterocycles. The predicted molar refractivity (Wildman–Crippen MR) is 15.3 cm³/mol. The largest absolute Gasteiger partial charge is 0.462 e. The van der Waals surface area contributed by atoms with E-state index in [1.165, 1.54) is 0 Å². The Kier molecular flexibility index (Phi) is 0.777. The van der Waals surface area contributed by atoms with Crippen molar-refractivity contribution in [2.24, 2.45) is 0 Å². The normalized spacial score (nSPS) is 24.5. The molecule has 0 spiro atoms. The minimum atomic E-state index is -4.01. The van der Waals surface area contributed by atoms with Crippen LogP contribution < -0.4 is 0 Å². The second kappa shape index (κ2) is 1.15. The molecule has 0 atom stereocenters. The number of ether oxygens (including phenoxy) is 1. The van der Waals surface area contributed by atoms with Crippen molar-refractivity contribution in [1.82, 2.24) is 0 Å². The van der Waals surface area contributed by atoms with Crippen LogP contribution in [-0.2, 0) is 4.74 Å². The van der Waals surface area contributed by atoms with E-state index in [-0.39, 0.29) is 0 Å². The molecule has 5 heteroatoms. The molecule has 0 saturated carbocycles. The first kappa shape index (κ1) is 5.40. The average Bonchev–Trinajstić information content (AvgIpc) is 1.65. The second-order valence-corrected chi connectivity index (χ2v) is 1.21. The van der Waals surface area contributed by atoms with E-state index in [0.717, 1.165) is 0 Å². The summed E-state index contributed by atoms with van der Waals surface area (Å²) in [5.41, 5.74) is 0. The van der Waals surface area contributed by atoms with Gasteiger partial charge >= 0.3 is 12.1 Å².